The summed E-state index contributed by atoms with van der Waals surface area (Å²) in [4.78, 5) is 27.4. The van der Waals surface area contributed by atoms with E-state index in [1.165, 1.54) is 31.4 Å². The van der Waals surface area contributed by atoms with Crippen LogP contribution in [0.1, 0.15) is 32.2 Å². The van der Waals surface area contributed by atoms with E-state index in [4.69, 9.17) is 0 Å². The second kappa shape index (κ2) is 8.32. The number of nitrogens with zero attached hydrogens (tertiary/aromatic N) is 3. The van der Waals surface area contributed by atoms with Gasteiger partial charge in [-0.25, -0.2) is 9.48 Å². The number of anilines is 1. The van der Waals surface area contributed by atoms with Gasteiger partial charge in [-0.1, -0.05) is 0 Å². The minimum atomic E-state index is -5.08. The van der Waals surface area contributed by atoms with Crippen LogP contribution in [0.4, 0.5) is 32.0 Å². The number of rotatable bonds is 4. The Morgan fingerprint density at radius 1 is 0.969 bits per heavy atom. The van der Waals surface area contributed by atoms with Crippen molar-refractivity contribution in [2.75, 3.05) is 12.4 Å². The Morgan fingerprint density at radius 2 is 1.62 bits per heavy atom. The number of hydrogen-bond acceptors (Lipinski definition) is 5. The molecule has 0 unspecified atom stereocenters. The van der Waals surface area contributed by atoms with Gasteiger partial charge in [0, 0.05) is 18.0 Å². The van der Waals surface area contributed by atoms with Crippen LogP contribution in [-0.2, 0) is 17.1 Å². The summed E-state index contributed by atoms with van der Waals surface area (Å²) in [7, 11) is 1.18. The van der Waals surface area contributed by atoms with E-state index in [2.05, 4.69) is 20.1 Å². The lowest BCUT2D eigenvalue weighted by Gasteiger charge is -2.11. The molecule has 1 aromatic carbocycles. The molecule has 0 aliphatic carbocycles. The molecule has 3 aromatic rings. The van der Waals surface area contributed by atoms with Crippen LogP contribution in [0.2, 0.25) is 0 Å². The number of carbonyl (C=O) groups excluding carboxylic acids is 2. The van der Waals surface area contributed by atoms with Crippen molar-refractivity contribution in [3.05, 3.63) is 71.3 Å². The average Bonchev–Trinajstić information content (AvgIpc) is 3.20. The standard InChI is InChI=1S/C19H12F6N4O3/c1-32-17(31)10-2-7-13(26-9-10)16(30)27-11-3-5-12(6-4-11)29-15(19(23,24)25)8-14(28-29)18(20,21)22/h2-9H,1H3,(H,27,30). The maximum absolute atomic E-state index is 13.2. The molecule has 13 heteroatoms. The van der Waals surface area contributed by atoms with Crippen molar-refractivity contribution in [1.29, 1.82) is 0 Å². The van der Waals surface area contributed by atoms with Crippen molar-refractivity contribution in [3.8, 4) is 5.69 Å². The molecular weight excluding hydrogens is 446 g/mol. The summed E-state index contributed by atoms with van der Waals surface area (Å²) in [5.41, 5.74) is -3.41. The van der Waals surface area contributed by atoms with Crippen LogP contribution in [0.25, 0.3) is 5.69 Å². The fourth-order valence-electron chi connectivity index (χ4n) is 2.57. The summed E-state index contributed by atoms with van der Waals surface area (Å²) in [6.07, 6.45) is -9.01. The number of ether oxygens (including phenoxy) is 1. The monoisotopic (exact) mass is 458 g/mol. The molecule has 0 aliphatic heterocycles. The Labute approximate surface area is 175 Å². The predicted octanol–water partition coefficient (Wildman–Crippen LogP) is 4.34. The second-order valence-electron chi connectivity index (χ2n) is 6.25. The number of methoxy groups -OCH3 is 1. The highest BCUT2D eigenvalue weighted by Crippen LogP contribution is 2.36. The summed E-state index contributed by atoms with van der Waals surface area (Å²) >= 11 is 0. The Balaban J connectivity index is 1.82. The highest BCUT2D eigenvalue weighted by molar-refractivity contribution is 6.03. The number of esters is 1. The average molecular weight is 458 g/mol. The first-order valence-corrected chi connectivity index (χ1v) is 8.61. The van der Waals surface area contributed by atoms with E-state index in [0.717, 1.165) is 18.3 Å². The molecule has 1 amide bonds. The van der Waals surface area contributed by atoms with Crippen LogP contribution in [0.15, 0.2) is 48.7 Å². The van der Waals surface area contributed by atoms with Crippen molar-refractivity contribution in [2.24, 2.45) is 0 Å². The Hall–Kier alpha value is -3.90. The van der Waals surface area contributed by atoms with Crippen molar-refractivity contribution in [3.63, 3.8) is 0 Å². The third kappa shape index (κ3) is 4.87. The Kier molecular flexibility index (Phi) is 5.92. The van der Waals surface area contributed by atoms with Crippen molar-refractivity contribution in [1.82, 2.24) is 14.8 Å². The van der Waals surface area contributed by atoms with Gasteiger partial charge in [-0.3, -0.25) is 9.78 Å². The third-order valence-electron chi connectivity index (χ3n) is 4.08. The fourth-order valence-corrected chi connectivity index (χ4v) is 2.57. The molecule has 32 heavy (non-hydrogen) atoms. The summed E-state index contributed by atoms with van der Waals surface area (Å²) in [5, 5.41) is 5.45. The quantitative estimate of drug-likeness (QED) is 0.464. The van der Waals surface area contributed by atoms with Gasteiger partial charge in [0.25, 0.3) is 5.91 Å². The number of amides is 1. The molecule has 2 aromatic heterocycles. The number of nitrogens with one attached hydrogen (secondary N) is 1. The molecule has 3 rings (SSSR count). The zero-order valence-corrected chi connectivity index (χ0v) is 16.0. The number of alkyl halides is 6. The first-order valence-electron chi connectivity index (χ1n) is 8.61. The molecule has 0 radical (unpaired) electrons. The van der Waals surface area contributed by atoms with Gasteiger partial charge in [-0.15, -0.1) is 0 Å². The van der Waals surface area contributed by atoms with E-state index in [9.17, 15) is 35.9 Å². The molecule has 0 spiro atoms. The van der Waals surface area contributed by atoms with Crippen LogP contribution in [0.3, 0.4) is 0 Å². The molecule has 1 N–H and O–H groups in total. The van der Waals surface area contributed by atoms with E-state index in [0.29, 0.717) is 0 Å². The summed E-state index contributed by atoms with van der Waals surface area (Å²) in [6.45, 7) is 0. The van der Waals surface area contributed by atoms with E-state index in [1.807, 2.05) is 0 Å². The molecule has 0 aliphatic rings. The van der Waals surface area contributed by atoms with Crippen molar-refractivity contribution >= 4 is 17.6 Å². The largest absolute Gasteiger partial charge is 0.465 e. The molecular formula is C19H12F6N4O3. The second-order valence-corrected chi connectivity index (χ2v) is 6.25. The van der Waals surface area contributed by atoms with Crippen LogP contribution in [0, 0.1) is 0 Å². The normalized spacial score (nSPS) is 11.8. The van der Waals surface area contributed by atoms with E-state index in [1.54, 1.807) is 0 Å². The highest BCUT2D eigenvalue weighted by atomic mass is 19.4. The molecule has 2 heterocycles. The van der Waals surface area contributed by atoms with Gasteiger partial charge in [0.2, 0.25) is 0 Å². The topological polar surface area (TPSA) is 86.1 Å². The molecule has 0 fully saturated rings. The van der Waals surface area contributed by atoms with Crippen molar-refractivity contribution < 1.29 is 40.7 Å². The van der Waals surface area contributed by atoms with Crippen LogP contribution in [-0.4, -0.2) is 33.8 Å². The molecule has 0 saturated heterocycles. The molecule has 0 bridgehead atoms. The lowest BCUT2D eigenvalue weighted by Crippen LogP contribution is -2.15. The van der Waals surface area contributed by atoms with Crippen LogP contribution in [0.5, 0.6) is 0 Å². The summed E-state index contributed by atoms with van der Waals surface area (Å²) < 4.78 is 82.6. The van der Waals surface area contributed by atoms with E-state index >= 15 is 0 Å². The van der Waals surface area contributed by atoms with Gasteiger partial charge >= 0.3 is 18.3 Å². The van der Waals surface area contributed by atoms with Crippen molar-refractivity contribution in [2.45, 2.75) is 12.4 Å². The summed E-state index contributed by atoms with van der Waals surface area (Å²) in [6, 6.07) is 6.98. The zero-order chi connectivity index (χ0) is 23.7. The molecule has 0 saturated carbocycles. The van der Waals surface area contributed by atoms with E-state index in [-0.39, 0.29) is 33.4 Å². The minimum absolute atomic E-state index is 0.0667. The zero-order valence-electron chi connectivity index (χ0n) is 16.0. The number of halogens is 6. The molecule has 7 nitrogen and oxygen atoms in total. The number of aromatic nitrogens is 3. The van der Waals surface area contributed by atoms with Gasteiger partial charge in [0.1, 0.15) is 11.4 Å². The highest BCUT2D eigenvalue weighted by Gasteiger charge is 2.42. The smallest absolute Gasteiger partial charge is 0.435 e. The van der Waals surface area contributed by atoms with E-state index < -0.39 is 35.6 Å². The first-order chi connectivity index (χ1) is 14.9. The minimum Gasteiger partial charge on any atom is -0.465 e. The predicted molar refractivity (Wildman–Crippen MR) is 97.1 cm³/mol. The maximum atomic E-state index is 13.2. The van der Waals surface area contributed by atoms with Gasteiger partial charge < -0.3 is 10.1 Å². The maximum Gasteiger partial charge on any atom is 0.435 e. The van der Waals surface area contributed by atoms with Crippen LogP contribution >= 0.6 is 0 Å². The Bertz CT molecular complexity index is 1140. The number of carbonyl (C=O) groups is 2. The first kappa shape index (κ1) is 22.8. The van der Waals surface area contributed by atoms with Gasteiger partial charge in [-0.05, 0) is 36.4 Å². The molecule has 168 valence electrons. The third-order valence-corrected chi connectivity index (χ3v) is 4.08. The number of pyridine rings is 1. The lowest BCUT2D eigenvalue weighted by molar-refractivity contribution is -0.143. The van der Waals surface area contributed by atoms with Gasteiger partial charge in [0.05, 0.1) is 18.4 Å². The van der Waals surface area contributed by atoms with Gasteiger partial charge in [-0.2, -0.15) is 31.4 Å². The van der Waals surface area contributed by atoms with Crippen LogP contribution < -0.4 is 5.32 Å². The Morgan fingerprint density at radius 3 is 2.12 bits per heavy atom. The molecule has 0 atom stereocenters. The van der Waals surface area contributed by atoms with Gasteiger partial charge in [0.15, 0.2) is 5.69 Å². The SMILES string of the molecule is COC(=O)c1ccc(C(=O)Nc2ccc(-n3nc(C(F)(F)F)cc3C(F)(F)F)cc2)nc1. The lowest BCUT2D eigenvalue weighted by atomic mass is 10.2. The number of benzene rings is 1. The number of hydrogen-bond donors (Lipinski definition) is 1. The summed E-state index contributed by atoms with van der Waals surface area (Å²) in [5.74, 6) is -1.34. The fraction of sp³-hybridized carbons (Fsp3) is 0.158.